The molecular formula is C23H25F2N5O5S. The van der Waals surface area contributed by atoms with Crippen LogP contribution in [0.4, 0.5) is 25.8 Å². The highest BCUT2D eigenvalue weighted by Gasteiger charge is 2.54. The molecule has 2 aromatic heterocycles. The largest absolute Gasteiger partial charge is 0.504 e. The van der Waals surface area contributed by atoms with E-state index in [0.29, 0.717) is 10.7 Å². The van der Waals surface area contributed by atoms with Gasteiger partial charge in [-0.15, -0.1) is 11.3 Å². The zero-order chi connectivity index (χ0) is 26.6. The van der Waals surface area contributed by atoms with Gasteiger partial charge in [0, 0.05) is 31.6 Å². The molecular weight excluding hydrogens is 496 g/mol. The number of alkyl halides is 2. The Labute approximate surface area is 208 Å². The third kappa shape index (κ3) is 4.44. The maximum atomic E-state index is 14.2. The number of halogens is 2. The lowest BCUT2D eigenvalue weighted by molar-refractivity contribution is -0.0247. The number of ether oxygens (including phenoxy) is 1. The van der Waals surface area contributed by atoms with Crippen LogP contribution in [-0.2, 0) is 4.74 Å². The predicted octanol–water partition coefficient (Wildman–Crippen LogP) is 2.87. The fourth-order valence-corrected chi connectivity index (χ4v) is 5.10. The minimum absolute atomic E-state index is 0.0301. The molecule has 4 rings (SSSR count). The molecule has 0 radical (unpaired) electrons. The second-order valence-corrected chi connectivity index (χ2v) is 10.6. The number of aromatic hydroxyl groups is 1. The maximum Gasteiger partial charge on any atom is 0.275 e. The quantitative estimate of drug-likeness (QED) is 0.401. The first-order valence-corrected chi connectivity index (χ1v) is 11.8. The molecule has 192 valence electrons. The van der Waals surface area contributed by atoms with Crippen LogP contribution in [0.3, 0.4) is 0 Å². The zero-order valence-electron chi connectivity index (χ0n) is 20.2. The molecule has 0 saturated carbocycles. The lowest BCUT2D eigenvalue weighted by atomic mass is 9.88. The molecule has 3 N–H and O–H groups in total. The average Bonchev–Trinajstić information content (AvgIpc) is 3.29. The molecule has 3 aromatic rings. The second-order valence-electron chi connectivity index (χ2n) is 9.17. The number of nitrogens with zero attached hydrogens (tertiary/aromatic N) is 3. The van der Waals surface area contributed by atoms with Crippen molar-refractivity contribution in [1.29, 1.82) is 0 Å². The highest BCUT2D eigenvalue weighted by molar-refractivity contribution is 7.11. The van der Waals surface area contributed by atoms with Gasteiger partial charge in [0.2, 0.25) is 0 Å². The first-order valence-electron chi connectivity index (χ1n) is 11.0. The molecule has 1 aliphatic heterocycles. The molecule has 1 fully saturated rings. The van der Waals surface area contributed by atoms with Crippen LogP contribution in [0, 0.1) is 13.8 Å². The van der Waals surface area contributed by atoms with Crippen molar-refractivity contribution >= 4 is 34.3 Å². The first-order chi connectivity index (χ1) is 16.7. The number of nitrogens with one attached hydrogen (secondary N) is 2. The number of hydrogen-bond donors (Lipinski definition) is 3. The molecule has 1 aliphatic rings. The second kappa shape index (κ2) is 8.89. The maximum absolute atomic E-state index is 14.2. The van der Waals surface area contributed by atoms with Crippen LogP contribution in [0.1, 0.15) is 45.5 Å². The van der Waals surface area contributed by atoms with E-state index in [1.54, 1.807) is 13.8 Å². The topological polar surface area (TPSA) is 134 Å². The summed E-state index contributed by atoms with van der Waals surface area (Å²) >= 11 is 1.37. The molecule has 1 saturated heterocycles. The number of thiazole rings is 1. The van der Waals surface area contributed by atoms with Gasteiger partial charge in [-0.2, -0.15) is 0 Å². The third-order valence-electron chi connectivity index (χ3n) is 6.04. The number of anilines is 3. The van der Waals surface area contributed by atoms with Crippen LogP contribution >= 0.6 is 11.3 Å². The van der Waals surface area contributed by atoms with Crippen molar-refractivity contribution in [2.75, 3.05) is 31.3 Å². The number of aromatic nitrogens is 2. The van der Waals surface area contributed by atoms with Crippen molar-refractivity contribution < 1.29 is 23.4 Å². The molecule has 1 unspecified atom stereocenters. The van der Waals surface area contributed by atoms with E-state index in [2.05, 4.69) is 20.6 Å². The van der Waals surface area contributed by atoms with Gasteiger partial charge in [0.1, 0.15) is 18.0 Å². The highest BCUT2D eigenvalue weighted by atomic mass is 32.1. The van der Waals surface area contributed by atoms with E-state index in [0.717, 1.165) is 4.88 Å². The summed E-state index contributed by atoms with van der Waals surface area (Å²) in [5, 5.41) is 16.9. The smallest absolute Gasteiger partial charge is 0.275 e. The molecule has 0 spiro atoms. The molecule has 10 nitrogen and oxygen atoms in total. The van der Waals surface area contributed by atoms with Gasteiger partial charge in [0.05, 0.1) is 28.0 Å². The summed E-state index contributed by atoms with van der Waals surface area (Å²) in [5.41, 5.74) is -3.37. The molecule has 1 aromatic carbocycles. The van der Waals surface area contributed by atoms with Gasteiger partial charge in [0.15, 0.2) is 11.4 Å². The van der Waals surface area contributed by atoms with Crippen LogP contribution in [-0.4, -0.2) is 58.1 Å². The Morgan fingerprint density at radius 1 is 1.25 bits per heavy atom. The van der Waals surface area contributed by atoms with Gasteiger partial charge in [0.25, 0.3) is 22.7 Å². The van der Waals surface area contributed by atoms with Gasteiger partial charge < -0.3 is 25.4 Å². The Kier molecular flexibility index (Phi) is 6.33. The fraction of sp³-hybridized carbons (Fsp3) is 0.435. The van der Waals surface area contributed by atoms with Crippen LogP contribution in [0.25, 0.3) is 0 Å². The number of amides is 1. The Bertz CT molecular complexity index is 1410. The number of rotatable bonds is 7. The Balaban J connectivity index is 1.72. The zero-order valence-corrected chi connectivity index (χ0v) is 21.0. The number of pyridine rings is 1. The van der Waals surface area contributed by atoms with Gasteiger partial charge in [-0.1, -0.05) is 0 Å². The minimum Gasteiger partial charge on any atom is -0.504 e. The Morgan fingerprint density at radius 2 is 1.92 bits per heavy atom. The molecule has 0 bridgehead atoms. The number of hydrogen-bond acceptors (Lipinski definition) is 10. The summed E-state index contributed by atoms with van der Waals surface area (Å²) < 4.78 is 33.9. The molecule has 0 aliphatic carbocycles. The van der Waals surface area contributed by atoms with E-state index in [9.17, 15) is 28.3 Å². The Morgan fingerprint density at radius 3 is 2.47 bits per heavy atom. The molecule has 2 atom stereocenters. The van der Waals surface area contributed by atoms with Crippen LogP contribution in [0.15, 0.2) is 21.9 Å². The van der Waals surface area contributed by atoms with Gasteiger partial charge in [-0.25, -0.2) is 18.7 Å². The Hall–Kier alpha value is -3.45. The van der Waals surface area contributed by atoms with Crippen LogP contribution in [0.2, 0.25) is 0 Å². The summed E-state index contributed by atoms with van der Waals surface area (Å²) in [5.74, 6) is -4.15. The van der Waals surface area contributed by atoms with Crippen molar-refractivity contribution in [2.24, 2.45) is 0 Å². The van der Waals surface area contributed by atoms with Crippen LogP contribution < -0.4 is 21.5 Å². The van der Waals surface area contributed by atoms with Crippen molar-refractivity contribution in [3.05, 3.63) is 54.0 Å². The van der Waals surface area contributed by atoms with Gasteiger partial charge in [-0.05, 0) is 26.8 Å². The van der Waals surface area contributed by atoms with Gasteiger partial charge >= 0.3 is 0 Å². The summed E-state index contributed by atoms with van der Waals surface area (Å²) in [6, 6.07) is 0.354. The highest BCUT2D eigenvalue weighted by Crippen LogP contribution is 2.46. The SMILES string of the molecule is Cc1nc(C(Nc2c(Nc3ccnc(C(=O)N(C)C)c3O)c(=O)c2=O)[C@]2(C)CC(F)(F)CO2)c(C)s1. The molecule has 36 heavy (non-hydrogen) atoms. The predicted molar refractivity (Wildman–Crippen MR) is 130 cm³/mol. The van der Waals surface area contributed by atoms with Crippen molar-refractivity contribution in [3.63, 3.8) is 0 Å². The summed E-state index contributed by atoms with van der Waals surface area (Å²) in [7, 11) is 2.97. The minimum atomic E-state index is -3.07. The van der Waals surface area contributed by atoms with E-state index in [4.69, 9.17) is 4.74 Å². The standard InChI is InChI=1S/C23H25F2N5O5S/c1-10-13(27-11(2)36-10)20(22(3)8-23(24,25)9-35-22)29-15-14(18(32)19(15)33)28-12-6-7-26-16(17(12)31)21(34)30(4)5/h6-7,20,29,31H,8-9H2,1-5H3,(H,26,28)/t20?,22-/m0/s1. The van der Waals surface area contributed by atoms with Crippen molar-refractivity contribution in [1.82, 2.24) is 14.9 Å². The third-order valence-corrected chi connectivity index (χ3v) is 6.94. The molecule has 1 amide bonds. The monoisotopic (exact) mass is 521 g/mol. The number of carbonyl (C=O) groups is 1. The van der Waals surface area contributed by atoms with Crippen LogP contribution in [0.5, 0.6) is 5.75 Å². The average molecular weight is 522 g/mol. The number of carbonyl (C=O) groups excluding carboxylic acids is 1. The van der Waals surface area contributed by atoms with E-state index in [1.807, 2.05) is 0 Å². The normalized spacial score (nSPS) is 19.9. The van der Waals surface area contributed by atoms with Crippen molar-refractivity contribution in [3.8, 4) is 5.75 Å². The fourth-order valence-electron chi connectivity index (χ4n) is 4.25. The van der Waals surface area contributed by atoms with E-state index in [-0.39, 0.29) is 22.8 Å². The van der Waals surface area contributed by atoms with E-state index in [1.165, 1.54) is 49.5 Å². The first kappa shape index (κ1) is 25.6. The van der Waals surface area contributed by atoms with E-state index >= 15 is 0 Å². The lowest BCUT2D eigenvalue weighted by Crippen LogP contribution is -2.43. The number of aryl methyl sites for hydroxylation is 2. The van der Waals surface area contributed by atoms with Gasteiger partial charge in [-0.3, -0.25) is 14.4 Å². The van der Waals surface area contributed by atoms with E-state index < -0.39 is 53.1 Å². The summed E-state index contributed by atoms with van der Waals surface area (Å²) in [4.78, 5) is 47.6. The summed E-state index contributed by atoms with van der Waals surface area (Å²) in [6.45, 7) is 4.28. The molecule has 13 heteroatoms. The summed E-state index contributed by atoms with van der Waals surface area (Å²) in [6.07, 6.45) is 0.643. The van der Waals surface area contributed by atoms with Crippen molar-refractivity contribution in [2.45, 2.75) is 44.8 Å². The molecule has 3 heterocycles. The lowest BCUT2D eigenvalue weighted by Gasteiger charge is -2.34.